The Labute approximate surface area is 110 Å². The summed E-state index contributed by atoms with van der Waals surface area (Å²) in [5.41, 5.74) is 2.57. The van der Waals surface area contributed by atoms with Gasteiger partial charge in [0, 0.05) is 44.7 Å². The number of nitrogens with zero attached hydrogens (tertiary/aromatic N) is 2. The normalized spacial score (nSPS) is 15.8. The standard InChI is InChI=1S/C15H24N2O/c1-16(10-5-13-18)14-6-8-15(9-7-14)17-11-3-2-4-12-17/h6-9,18H,2-5,10-13H2,1H3. The van der Waals surface area contributed by atoms with Crippen LogP contribution in [0.2, 0.25) is 0 Å². The Hall–Kier alpha value is -1.22. The molecule has 1 aromatic carbocycles. The third kappa shape index (κ3) is 3.39. The molecule has 0 amide bonds. The zero-order chi connectivity index (χ0) is 12.8. The highest BCUT2D eigenvalue weighted by Crippen LogP contribution is 2.23. The van der Waals surface area contributed by atoms with Crippen molar-refractivity contribution >= 4 is 11.4 Å². The summed E-state index contributed by atoms with van der Waals surface area (Å²) >= 11 is 0. The second kappa shape index (κ2) is 6.64. The maximum atomic E-state index is 8.84. The van der Waals surface area contributed by atoms with Crippen molar-refractivity contribution in [3.05, 3.63) is 24.3 Å². The minimum Gasteiger partial charge on any atom is -0.396 e. The summed E-state index contributed by atoms with van der Waals surface area (Å²) < 4.78 is 0. The van der Waals surface area contributed by atoms with Crippen molar-refractivity contribution in [3.8, 4) is 0 Å². The molecule has 1 aromatic rings. The second-order valence-electron chi connectivity index (χ2n) is 5.06. The molecule has 3 heteroatoms. The van der Waals surface area contributed by atoms with Crippen molar-refractivity contribution in [1.29, 1.82) is 0 Å². The highest BCUT2D eigenvalue weighted by Gasteiger charge is 2.10. The predicted octanol–water partition coefficient (Wildman–Crippen LogP) is 2.50. The number of aliphatic hydroxyl groups is 1. The first-order valence-electron chi connectivity index (χ1n) is 6.98. The zero-order valence-corrected chi connectivity index (χ0v) is 11.3. The maximum Gasteiger partial charge on any atom is 0.0447 e. The minimum absolute atomic E-state index is 0.260. The van der Waals surface area contributed by atoms with Crippen LogP contribution in [-0.4, -0.2) is 38.4 Å². The monoisotopic (exact) mass is 248 g/mol. The molecule has 0 radical (unpaired) electrons. The van der Waals surface area contributed by atoms with Gasteiger partial charge in [0.25, 0.3) is 0 Å². The smallest absolute Gasteiger partial charge is 0.0447 e. The minimum atomic E-state index is 0.260. The number of aliphatic hydroxyl groups excluding tert-OH is 1. The molecule has 0 aliphatic carbocycles. The number of hydrogen-bond donors (Lipinski definition) is 1. The Balaban J connectivity index is 1.95. The van der Waals surface area contributed by atoms with E-state index in [-0.39, 0.29) is 6.61 Å². The first-order chi connectivity index (χ1) is 8.81. The molecule has 0 saturated carbocycles. The molecule has 1 aliphatic heterocycles. The summed E-state index contributed by atoms with van der Waals surface area (Å²) in [5.74, 6) is 0. The summed E-state index contributed by atoms with van der Waals surface area (Å²) in [6.45, 7) is 3.55. The predicted molar refractivity (Wildman–Crippen MR) is 77.5 cm³/mol. The summed E-state index contributed by atoms with van der Waals surface area (Å²) in [7, 11) is 2.07. The van der Waals surface area contributed by atoms with Crippen molar-refractivity contribution in [3.63, 3.8) is 0 Å². The number of anilines is 2. The molecule has 0 spiro atoms. The van der Waals surface area contributed by atoms with Gasteiger partial charge in [-0.15, -0.1) is 0 Å². The molecule has 100 valence electrons. The largest absolute Gasteiger partial charge is 0.396 e. The van der Waals surface area contributed by atoms with E-state index in [2.05, 4.69) is 41.1 Å². The van der Waals surface area contributed by atoms with Gasteiger partial charge in [0.2, 0.25) is 0 Å². The summed E-state index contributed by atoms with van der Waals surface area (Å²) in [6.07, 6.45) is 4.83. The topological polar surface area (TPSA) is 26.7 Å². The van der Waals surface area contributed by atoms with Crippen molar-refractivity contribution in [2.75, 3.05) is 43.1 Å². The summed E-state index contributed by atoms with van der Waals surface area (Å²) in [6, 6.07) is 8.80. The van der Waals surface area contributed by atoms with Crippen molar-refractivity contribution in [1.82, 2.24) is 0 Å². The van der Waals surface area contributed by atoms with Crippen LogP contribution in [0, 0.1) is 0 Å². The van der Waals surface area contributed by atoms with Crippen LogP contribution in [-0.2, 0) is 0 Å². The maximum absolute atomic E-state index is 8.84. The van der Waals surface area contributed by atoms with Gasteiger partial charge in [-0.2, -0.15) is 0 Å². The van der Waals surface area contributed by atoms with Crippen LogP contribution in [0.15, 0.2) is 24.3 Å². The molecule has 3 nitrogen and oxygen atoms in total. The Morgan fingerprint density at radius 1 is 1.11 bits per heavy atom. The number of piperidine rings is 1. The van der Waals surface area contributed by atoms with E-state index in [4.69, 9.17) is 5.11 Å². The van der Waals surface area contributed by atoms with E-state index in [0.29, 0.717) is 0 Å². The number of rotatable bonds is 5. The first kappa shape index (κ1) is 13.2. The van der Waals surface area contributed by atoms with Crippen LogP contribution in [0.5, 0.6) is 0 Å². The van der Waals surface area contributed by atoms with Gasteiger partial charge in [0.15, 0.2) is 0 Å². The summed E-state index contributed by atoms with van der Waals surface area (Å²) in [5, 5.41) is 8.84. The van der Waals surface area contributed by atoms with Gasteiger partial charge in [0.1, 0.15) is 0 Å². The average molecular weight is 248 g/mol. The van der Waals surface area contributed by atoms with Crippen LogP contribution in [0.4, 0.5) is 11.4 Å². The zero-order valence-electron chi connectivity index (χ0n) is 11.3. The molecule has 1 saturated heterocycles. The van der Waals surface area contributed by atoms with Crippen LogP contribution in [0.1, 0.15) is 25.7 Å². The van der Waals surface area contributed by atoms with Crippen LogP contribution in [0.25, 0.3) is 0 Å². The molecule has 1 fully saturated rings. The molecule has 2 rings (SSSR count). The molecule has 1 N–H and O–H groups in total. The lowest BCUT2D eigenvalue weighted by atomic mass is 10.1. The Kier molecular flexibility index (Phi) is 4.88. The van der Waals surface area contributed by atoms with Crippen molar-refractivity contribution in [2.45, 2.75) is 25.7 Å². The molecule has 1 heterocycles. The average Bonchev–Trinajstić information content (AvgIpc) is 2.46. The molecule has 0 unspecified atom stereocenters. The third-order valence-electron chi connectivity index (χ3n) is 3.66. The highest BCUT2D eigenvalue weighted by atomic mass is 16.3. The molecule has 18 heavy (non-hydrogen) atoms. The molecule has 1 aliphatic rings. The molecule has 0 atom stereocenters. The van der Waals surface area contributed by atoms with Crippen LogP contribution < -0.4 is 9.80 Å². The van der Waals surface area contributed by atoms with E-state index in [9.17, 15) is 0 Å². The van der Waals surface area contributed by atoms with Gasteiger partial charge in [-0.05, 0) is 49.9 Å². The molecular formula is C15H24N2O. The summed E-state index contributed by atoms with van der Waals surface area (Å²) in [4.78, 5) is 4.66. The number of hydrogen-bond acceptors (Lipinski definition) is 3. The fourth-order valence-corrected chi connectivity index (χ4v) is 2.51. The van der Waals surface area contributed by atoms with E-state index in [0.717, 1.165) is 13.0 Å². The lowest BCUT2D eigenvalue weighted by molar-refractivity contribution is 0.290. The van der Waals surface area contributed by atoms with Gasteiger partial charge in [0.05, 0.1) is 0 Å². The van der Waals surface area contributed by atoms with E-state index in [1.807, 2.05) is 0 Å². The van der Waals surface area contributed by atoms with Gasteiger partial charge in [-0.3, -0.25) is 0 Å². The Bertz CT molecular complexity index is 344. The van der Waals surface area contributed by atoms with Crippen LogP contribution in [0.3, 0.4) is 0 Å². The highest BCUT2D eigenvalue weighted by molar-refractivity contribution is 5.56. The third-order valence-corrected chi connectivity index (χ3v) is 3.66. The van der Waals surface area contributed by atoms with Gasteiger partial charge >= 0.3 is 0 Å². The Morgan fingerprint density at radius 3 is 2.39 bits per heavy atom. The van der Waals surface area contributed by atoms with Gasteiger partial charge in [-0.1, -0.05) is 0 Å². The van der Waals surface area contributed by atoms with E-state index >= 15 is 0 Å². The quantitative estimate of drug-likeness (QED) is 0.867. The molecule has 0 bridgehead atoms. The first-order valence-corrected chi connectivity index (χ1v) is 6.98. The molecular weight excluding hydrogens is 224 g/mol. The van der Waals surface area contributed by atoms with E-state index in [1.54, 1.807) is 0 Å². The fraction of sp³-hybridized carbons (Fsp3) is 0.600. The SMILES string of the molecule is CN(CCCO)c1ccc(N2CCCCC2)cc1. The second-order valence-corrected chi connectivity index (χ2v) is 5.06. The fourth-order valence-electron chi connectivity index (χ4n) is 2.51. The van der Waals surface area contributed by atoms with E-state index < -0.39 is 0 Å². The number of benzene rings is 1. The van der Waals surface area contributed by atoms with Gasteiger partial charge < -0.3 is 14.9 Å². The van der Waals surface area contributed by atoms with Crippen LogP contribution >= 0.6 is 0 Å². The van der Waals surface area contributed by atoms with Crippen molar-refractivity contribution in [2.24, 2.45) is 0 Å². The lowest BCUT2D eigenvalue weighted by Crippen LogP contribution is -2.29. The molecule has 0 aromatic heterocycles. The van der Waals surface area contributed by atoms with Crippen molar-refractivity contribution < 1.29 is 5.11 Å². The van der Waals surface area contributed by atoms with E-state index in [1.165, 1.54) is 43.7 Å². The van der Waals surface area contributed by atoms with Gasteiger partial charge in [-0.25, -0.2) is 0 Å². The lowest BCUT2D eigenvalue weighted by Gasteiger charge is -2.29. The Morgan fingerprint density at radius 2 is 1.78 bits per heavy atom.